The largest absolute Gasteiger partial charge is 0.466 e. The zero-order valence-electron chi connectivity index (χ0n) is 16.8. The lowest BCUT2D eigenvalue weighted by Gasteiger charge is -2.26. The average molecular weight is 358 g/mol. The van der Waals surface area contributed by atoms with Gasteiger partial charge in [-0.2, -0.15) is 0 Å². The minimum Gasteiger partial charge on any atom is -0.466 e. The Hall–Kier alpha value is -1.59. The fourth-order valence-corrected chi connectivity index (χ4v) is 2.11. The van der Waals surface area contributed by atoms with Crippen molar-refractivity contribution in [2.24, 2.45) is 5.92 Å². The minimum absolute atomic E-state index is 0.224. The molecule has 0 N–H and O–H groups in total. The van der Waals surface area contributed by atoms with Crippen LogP contribution < -0.4 is 0 Å². The van der Waals surface area contributed by atoms with Crippen molar-refractivity contribution < 1.29 is 28.6 Å². The van der Waals surface area contributed by atoms with Gasteiger partial charge >= 0.3 is 17.9 Å². The zero-order valence-corrected chi connectivity index (χ0v) is 16.8. The Labute approximate surface area is 151 Å². The molecule has 0 aromatic heterocycles. The van der Waals surface area contributed by atoms with Gasteiger partial charge in [-0.25, -0.2) is 0 Å². The van der Waals surface area contributed by atoms with Crippen LogP contribution in [-0.4, -0.2) is 35.7 Å². The summed E-state index contributed by atoms with van der Waals surface area (Å²) >= 11 is 0. The number of carbonyl (C=O) groups excluding carboxylic acids is 3. The van der Waals surface area contributed by atoms with Crippen LogP contribution in [0.5, 0.6) is 0 Å². The van der Waals surface area contributed by atoms with Crippen molar-refractivity contribution in [3.63, 3.8) is 0 Å². The monoisotopic (exact) mass is 358 g/mol. The summed E-state index contributed by atoms with van der Waals surface area (Å²) in [4.78, 5) is 36.0. The standard InChI is InChI=1S/C19H34O6/c1-8-23-15(20)13-11-9-10-12-14(16(21)24-18(2,3)4)17(22)25-19(5,6)7/h14H,8-13H2,1-7H3. The van der Waals surface area contributed by atoms with Crippen LogP contribution in [0.15, 0.2) is 0 Å². The molecular formula is C19H34O6. The first-order valence-corrected chi connectivity index (χ1v) is 8.97. The normalized spacial score (nSPS) is 12.0. The average Bonchev–Trinajstić information content (AvgIpc) is 2.38. The number of unbranched alkanes of at least 4 members (excludes halogenated alkanes) is 2. The van der Waals surface area contributed by atoms with Crippen molar-refractivity contribution in [2.75, 3.05) is 6.61 Å². The molecule has 6 nitrogen and oxygen atoms in total. The molecule has 0 heterocycles. The van der Waals surface area contributed by atoms with Crippen molar-refractivity contribution in [1.29, 1.82) is 0 Å². The maximum atomic E-state index is 12.3. The second kappa shape index (κ2) is 10.4. The first-order chi connectivity index (χ1) is 11.4. The summed E-state index contributed by atoms with van der Waals surface area (Å²) in [5.74, 6) is -2.29. The van der Waals surface area contributed by atoms with Gasteiger partial charge in [0.25, 0.3) is 0 Å². The van der Waals surface area contributed by atoms with Crippen LogP contribution in [-0.2, 0) is 28.6 Å². The number of hydrogen-bond acceptors (Lipinski definition) is 6. The van der Waals surface area contributed by atoms with E-state index in [9.17, 15) is 14.4 Å². The molecule has 0 saturated heterocycles. The number of carbonyl (C=O) groups is 3. The molecule has 0 atom stereocenters. The van der Waals surface area contributed by atoms with Gasteiger partial charge in [0.15, 0.2) is 5.92 Å². The van der Waals surface area contributed by atoms with Crippen molar-refractivity contribution in [1.82, 2.24) is 0 Å². The van der Waals surface area contributed by atoms with Crippen LogP contribution in [0, 0.1) is 5.92 Å². The van der Waals surface area contributed by atoms with Gasteiger partial charge in [0.2, 0.25) is 0 Å². The molecule has 0 radical (unpaired) electrons. The van der Waals surface area contributed by atoms with Crippen LogP contribution >= 0.6 is 0 Å². The molecule has 0 spiro atoms. The molecule has 0 aromatic rings. The Kier molecular flexibility index (Phi) is 9.75. The Balaban J connectivity index is 4.61. The fraction of sp³-hybridized carbons (Fsp3) is 0.842. The second-order valence-corrected chi connectivity index (χ2v) is 8.02. The SMILES string of the molecule is CCOC(=O)CCCCCC(C(=O)OC(C)(C)C)C(=O)OC(C)(C)C. The molecule has 146 valence electrons. The van der Waals surface area contributed by atoms with E-state index in [2.05, 4.69) is 0 Å². The van der Waals surface area contributed by atoms with Gasteiger partial charge in [0.05, 0.1) is 6.61 Å². The van der Waals surface area contributed by atoms with Crippen LogP contribution in [0.1, 0.15) is 80.6 Å². The molecule has 0 amide bonds. The highest BCUT2D eigenvalue weighted by Crippen LogP contribution is 2.21. The number of hydrogen-bond donors (Lipinski definition) is 0. The number of rotatable bonds is 9. The summed E-state index contributed by atoms with van der Waals surface area (Å²) in [5, 5.41) is 0. The van der Waals surface area contributed by atoms with Crippen molar-refractivity contribution >= 4 is 17.9 Å². The lowest BCUT2D eigenvalue weighted by molar-refractivity contribution is -0.174. The number of esters is 3. The van der Waals surface area contributed by atoms with E-state index in [0.717, 1.165) is 6.42 Å². The zero-order chi connectivity index (χ0) is 19.7. The topological polar surface area (TPSA) is 78.9 Å². The fourth-order valence-electron chi connectivity index (χ4n) is 2.11. The van der Waals surface area contributed by atoms with E-state index in [1.807, 2.05) is 0 Å². The molecule has 0 unspecified atom stereocenters. The lowest BCUT2D eigenvalue weighted by atomic mass is 10.00. The van der Waals surface area contributed by atoms with Crippen molar-refractivity contribution in [3.05, 3.63) is 0 Å². The predicted octanol–water partition coefficient (Wildman–Crippen LogP) is 3.80. The summed E-state index contributed by atoms with van der Waals surface area (Å²) in [6.07, 6.45) is 2.70. The third-order valence-electron chi connectivity index (χ3n) is 3.06. The van der Waals surface area contributed by atoms with Gasteiger partial charge in [-0.3, -0.25) is 14.4 Å². The van der Waals surface area contributed by atoms with Gasteiger partial charge in [0, 0.05) is 6.42 Å². The van der Waals surface area contributed by atoms with Crippen molar-refractivity contribution in [3.8, 4) is 0 Å². The Bertz CT molecular complexity index is 414. The summed E-state index contributed by atoms with van der Waals surface area (Å²) in [5.41, 5.74) is -1.33. The van der Waals surface area contributed by atoms with E-state index in [-0.39, 0.29) is 5.97 Å². The van der Waals surface area contributed by atoms with Gasteiger partial charge in [-0.15, -0.1) is 0 Å². The smallest absolute Gasteiger partial charge is 0.320 e. The van der Waals surface area contributed by atoms with Crippen LogP contribution in [0.2, 0.25) is 0 Å². The molecular weight excluding hydrogens is 324 g/mol. The molecule has 0 aromatic carbocycles. The summed E-state index contributed by atoms with van der Waals surface area (Å²) in [6.45, 7) is 12.7. The summed E-state index contributed by atoms with van der Waals surface area (Å²) in [6, 6.07) is 0. The van der Waals surface area contributed by atoms with Crippen molar-refractivity contribution in [2.45, 2.75) is 91.8 Å². The van der Waals surface area contributed by atoms with E-state index in [0.29, 0.717) is 32.3 Å². The molecule has 0 aliphatic heterocycles. The highest BCUT2D eigenvalue weighted by atomic mass is 16.6. The Morgan fingerprint density at radius 2 is 1.28 bits per heavy atom. The summed E-state index contributed by atoms with van der Waals surface area (Å²) < 4.78 is 15.6. The lowest BCUT2D eigenvalue weighted by Crippen LogP contribution is -2.36. The van der Waals surface area contributed by atoms with E-state index in [4.69, 9.17) is 14.2 Å². The van der Waals surface area contributed by atoms with E-state index in [1.165, 1.54) is 0 Å². The van der Waals surface area contributed by atoms with Gasteiger partial charge in [0.1, 0.15) is 11.2 Å². The molecule has 0 rings (SSSR count). The molecule has 0 bridgehead atoms. The first kappa shape index (κ1) is 23.4. The van der Waals surface area contributed by atoms with Crippen LogP contribution in [0.4, 0.5) is 0 Å². The molecule has 25 heavy (non-hydrogen) atoms. The Morgan fingerprint density at radius 3 is 1.68 bits per heavy atom. The first-order valence-electron chi connectivity index (χ1n) is 8.97. The number of ether oxygens (including phenoxy) is 3. The highest BCUT2D eigenvalue weighted by Gasteiger charge is 2.34. The molecule has 0 fully saturated rings. The van der Waals surface area contributed by atoms with Crippen LogP contribution in [0.25, 0.3) is 0 Å². The van der Waals surface area contributed by atoms with Gasteiger partial charge < -0.3 is 14.2 Å². The maximum Gasteiger partial charge on any atom is 0.320 e. The molecule has 0 aliphatic carbocycles. The van der Waals surface area contributed by atoms with E-state index in [1.54, 1.807) is 48.5 Å². The van der Waals surface area contributed by atoms with Crippen LogP contribution in [0.3, 0.4) is 0 Å². The summed E-state index contributed by atoms with van der Waals surface area (Å²) in [7, 11) is 0. The third kappa shape index (κ3) is 12.4. The minimum atomic E-state index is -0.943. The second-order valence-electron chi connectivity index (χ2n) is 8.02. The Morgan fingerprint density at radius 1 is 0.800 bits per heavy atom. The van der Waals surface area contributed by atoms with E-state index >= 15 is 0 Å². The predicted molar refractivity (Wildman–Crippen MR) is 94.9 cm³/mol. The quantitative estimate of drug-likeness (QED) is 0.270. The molecule has 0 saturated carbocycles. The van der Waals surface area contributed by atoms with Gasteiger partial charge in [-0.1, -0.05) is 12.8 Å². The highest BCUT2D eigenvalue weighted by molar-refractivity contribution is 5.95. The molecule has 0 aliphatic rings. The molecule has 6 heteroatoms. The maximum absolute atomic E-state index is 12.3. The van der Waals surface area contributed by atoms with E-state index < -0.39 is 29.1 Å². The van der Waals surface area contributed by atoms with Gasteiger partial charge in [-0.05, 0) is 61.3 Å². The third-order valence-corrected chi connectivity index (χ3v) is 3.06.